The molecule has 1 aromatic carbocycles. The van der Waals surface area contributed by atoms with Crippen LogP contribution in [-0.4, -0.2) is 16.5 Å². The van der Waals surface area contributed by atoms with Crippen LogP contribution in [0.25, 0.3) is 11.3 Å². The van der Waals surface area contributed by atoms with Crippen LogP contribution in [0.2, 0.25) is 0 Å². The predicted molar refractivity (Wildman–Crippen MR) is 70.9 cm³/mol. The van der Waals surface area contributed by atoms with Gasteiger partial charge in [-0.3, -0.25) is 0 Å². The summed E-state index contributed by atoms with van der Waals surface area (Å²) in [6.07, 6.45) is 2.53. The number of nitrogens with one attached hydrogen (secondary N) is 1. The summed E-state index contributed by atoms with van der Waals surface area (Å²) in [5.74, 6) is 0.555. The van der Waals surface area contributed by atoms with E-state index >= 15 is 0 Å². The lowest BCUT2D eigenvalue weighted by Crippen LogP contribution is -2.05. The zero-order valence-electron chi connectivity index (χ0n) is 10.6. The van der Waals surface area contributed by atoms with Gasteiger partial charge >= 0.3 is 0 Å². The third-order valence-corrected chi connectivity index (χ3v) is 2.72. The molecule has 0 radical (unpaired) electrons. The number of benzene rings is 1. The van der Waals surface area contributed by atoms with Gasteiger partial charge in [-0.15, -0.1) is 0 Å². The van der Waals surface area contributed by atoms with Crippen molar-refractivity contribution in [3.05, 3.63) is 42.0 Å². The Labute approximate surface area is 106 Å². The Balaban J connectivity index is 2.39. The molecule has 2 rings (SSSR count). The normalized spacial score (nSPS) is 10.4. The van der Waals surface area contributed by atoms with Gasteiger partial charge in [0.15, 0.2) is 0 Å². The highest BCUT2D eigenvalue weighted by molar-refractivity contribution is 5.67. The molecule has 1 aromatic heterocycles. The van der Waals surface area contributed by atoms with Gasteiger partial charge in [-0.25, -0.2) is 14.4 Å². The van der Waals surface area contributed by atoms with Gasteiger partial charge in [-0.1, -0.05) is 19.1 Å². The van der Waals surface area contributed by atoms with Crippen molar-refractivity contribution in [3.63, 3.8) is 0 Å². The fourth-order valence-corrected chi connectivity index (χ4v) is 1.80. The number of halogens is 1. The van der Waals surface area contributed by atoms with Gasteiger partial charge in [0.1, 0.15) is 18.0 Å². The zero-order valence-corrected chi connectivity index (χ0v) is 10.6. The second-order valence-electron chi connectivity index (χ2n) is 4.13. The molecule has 0 aliphatic heterocycles. The Kier molecular flexibility index (Phi) is 3.87. The van der Waals surface area contributed by atoms with Crippen LogP contribution >= 0.6 is 0 Å². The highest BCUT2D eigenvalue weighted by Crippen LogP contribution is 2.24. The van der Waals surface area contributed by atoms with Crippen molar-refractivity contribution in [2.75, 3.05) is 11.9 Å². The number of rotatable bonds is 4. The minimum atomic E-state index is -0.256. The molecule has 0 aliphatic rings. The highest BCUT2D eigenvalue weighted by Gasteiger charge is 2.09. The number of hydrogen-bond acceptors (Lipinski definition) is 3. The highest BCUT2D eigenvalue weighted by atomic mass is 19.1. The molecule has 3 nitrogen and oxygen atoms in total. The lowest BCUT2D eigenvalue weighted by atomic mass is 10.1. The van der Waals surface area contributed by atoms with Crippen LogP contribution < -0.4 is 5.32 Å². The van der Waals surface area contributed by atoms with Crippen molar-refractivity contribution in [3.8, 4) is 11.3 Å². The van der Waals surface area contributed by atoms with E-state index < -0.39 is 0 Å². The second kappa shape index (κ2) is 5.58. The molecule has 1 N–H and O–H groups in total. The smallest absolute Gasteiger partial charge is 0.132 e. The lowest BCUT2D eigenvalue weighted by molar-refractivity contribution is 0.628. The van der Waals surface area contributed by atoms with E-state index in [0.717, 1.165) is 35.6 Å². The molecule has 0 saturated carbocycles. The van der Waals surface area contributed by atoms with Gasteiger partial charge < -0.3 is 5.32 Å². The van der Waals surface area contributed by atoms with Crippen molar-refractivity contribution >= 4 is 5.82 Å². The van der Waals surface area contributed by atoms with Crippen LogP contribution in [0.1, 0.15) is 18.9 Å². The van der Waals surface area contributed by atoms with Crippen LogP contribution in [0.3, 0.4) is 0 Å². The van der Waals surface area contributed by atoms with E-state index in [1.165, 1.54) is 18.5 Å². The number of anilines is 1. The van der Waals surface area contributed by atoms with Crippen LogP contribution in [-0.2, 0) is 0 Å². The fourth-order valence-electron chi connectivity index (χ4n) is 1.80. The molecule has 0 atom stereocenters. The largest absolute Gasteiger partial charge is 0.370 e. The Bertz CT molecular complexity index is 540. The van der Waals surface area contributed by atoms with E-state index in [1.807, 2.05) is 13.0 Å². The minimum absolute atomic E-state index is 0.256. The summed E-state index contributed by atoms with van der Waals surface area (Å²) >= 11 is 0. The van der Waals surface area contributed by atoms with Crippen LogP contribution in [0.4, 0.5) is 10.2 Å². The summed E-state index contributed by atoms with van der Waals surface area (Å²) < 4.78 is 13.2. The molecule has 94 valence electrons. The van der Waals surface area contributed by atoms with Crippen LogP contribution in [0.5, 0.6) is 0 Å². The van der Waals surface area contributed by atoms with E-state index in [9.17, 15) is 4.39 Å². The standard InChI is InChI=1S/C14H16FN3/c1-3-7-16-14-10(2)13(17-9-18-14)11-5-4-6-12(15)8-11/h4-6,8-9H,3,7H2,1-2H3,(H,16,17,18). The van der Waals surface area contributed by atoms with E-state index in [0.29, 0.717) is 0 Å². The first kappa shape index (κ1) is 12.5. The summed E-state index contributed by atoms with van der Waals surface area (Å²) in [6.45, 7) is 4.90. The average Bonchev–Trinajstić information content (AvgIpc) is 2.37. The fraction of sp³-hybridized carbons (Fsp3) is 0.286. The Morgan fingerprint density at radius 2 is 2.11 bits per heavy atom. The first-order valence-electron chi connectivity index (χ1n) is 6.03. The molecule has 4 heteroatoms. The molecule has 0 fully saturated rings. The molecule has 18 heavy (non-hydrogen) atoms. The van der Waals surface area contributed by atoms with Crippen molar-refractivity contribution in [2.45, 2.75) is 20.3 Å². The van der Waals surface area contributed by atoms with Crippen molar-refractivity contribution in [2.24, 2.45) is 0 Å². The van der Waals surface area contributed by atoms with Crippen molar-refractivity contribution in [1.29, 1.82) is 0 Å². The molecular formula is C14H16FN3. The van der Waals surface area contributed by atoms with Crippen molar-refractivity contribution < 1.29 is 4.39 Å². The van der Waals surface area contributed by atoms with E-state index in [2.05, 4.69) is 22.2 Å². The first-order chi connectivity index (χ1) is 8.72. The summed E-state index contributed by atoms with van der Waals surface area (Å²) in [5, 5.41) is 3.24. The second-order valence-corrected chi connectivity index (χ2v) is 4.13. The third-order valence-electron chi connectivity index (χ3n) is 2.72. The summed E-state index contributed by atoms with van der Waals surface area (Å²) in [6, 6.07) is 6.45. The molecule has 0 amide bonds. The van der Waals surface area contributed by atoms with Gasteiger partial charge in [-0.05, 0) is 25.5 Å². The van der Waals surface area contributed by atoms with Gasteiger partial charge in [0.05, 0.1) is 5.69 Å². The van der Waals surface area contributed by atoms with Crippen LogP contribution in [0, 0.1) is 12.7 Å². The maximum Gasteiger partial charge on any atom is 0.132 e. The topological polar surface area (TPSA) is 37.8 Å². The van der Waals surface area contributed by atoms with Gasteiger partial charge in [0, 0.05) is 17.7 Å². The van der Waals surface area contributed by atoms with E-state index in [4.69, 9.17) is 0 Å². The third kappa shape index (κ3) is 2.64. The molecule has 1 heterocycles. The lowest BCUT2D eigenvalue weighted by Gasteiger charge is -2.10. The molecule has 0 spiro atoms. The SMILES string of the molecule is CCCNc1ncnc(-c2cccc(F)c2)c1C. The summed E-state index contributed by atoms with van der Waals surface area (Å²) in [4.78, 5) is 8.45. The number of nitrogens with zero attached hydrogens (tertiary/aromatic N) is 2. The van der Waals surface area contributed by atoms with E-state index in [1.54, 1.807) is 6.07 Å². The monoisotopic (exact) mass is 245 g/mol. The predicted octanol–water partition coefficient (Wildman–Crippen LogP) is 3.41. The maximum atomic E-state index is 13.2. The van der Waals surface area contributed by atoms with E-state index in [-0.39, 0.29) is 5.82 Å². The molecule has 2 aromatic rings. The Morgan fingerprint density at radius 3 is 2.83 bits per heavy atom. The number of aromatic nitrogens is 2. The first-order valence-corrected chi connectivity index (χ1v) is 6.03. The number of hydrogen-bond donors (Lipinski definition) is 1. The average molecular weight is 245 g/mol. The quantitative estimate of drug-likeness (QED) is 0.897. The van der Waals surface area contributed by atoms with Gasteiger partial charge in [0.25, 0.3) is 0 Å². The zero-order chi connectivity index (χ0) is 13.0. The van der Waals surface area contributed by atoms with Crippen LogP contribution in [0.15, 0.2) is 30.6 Å². The molecule has 0 saturated heterocycles. The summed E-state index contributed by atoms with van der Waals surface area (Å²) in [5.41, 5.74) is 2.48. The molecule has 0 aliphatic carbocycles. The Hall–Kier alpha value is -1.97. The van der Waals surface area contributed by atoms with Gasteiger partial charge in [-0.2, -0.15) is 0 Å². The Morgan fingerprint density at radius 1 is 1.28 bits per heavy atom. The molecular weight excluding hydrogens is 229 g/mol. The minimum Gasteiger partial charge on any atom is -0.370 e. The summed E-state index contributed by atoms with van der Waals surface area (Å²) in [7, 11) is 0. The molecule has 0 bridgehead atoms. The molecule has 0 unspecified atom stereocenters. The van der Waals surface area contributed by atoms with Crippen molar-refractivity contribution in [1.82, 2.24) is 9.97 Å². The maximum absolute atomic E-state index is 13.2. The van der Waals surface area contributed by atoms with Gasteiger partial charge in [0.2, 0.25) is 0 Å².